The number of aromatic nitrogens is 2. The first-order chi connectivity index (χ1) is 16.0. The Balaban J connectivity index is 1.79. The third-order valence-electron chi connectivity index (χ3n) is 6.70. The van der Waals surface area contributed by atoms with Crippen LogP contribution in [-0.4, -0.2) is 28.5 Å². The fourth-order valence-corrected chi connectivity index (χ4v) is 4.73. The highest BCUT2D eigenvalue weighted by Crippen LogP contribution is 2.47. The van der Waals surface area contributed by atoms with Gasteiger partial charge in [0, 0.05) is 17.2 Å². The second-order valence-electron chi connectivity index (χ2n) is 8.93. The average Bonchev–Trinajstić information content (AvgIpc) is 3.24. The van der Waals surface area contributed by atoms with E-state index in [0.717, 1.165) is 53.8 Å². The molecule has 5 heteroatoms. The summed E-state index contributed by atoms with van der Waals surface area (Å²) in [5.74, 6) is -0.243. The summed E-state index contributed by atoms with van der Waals surface area (Å²) in [6.45, 7) is 8.78. The van der Waals surface area contributed by atoms with Gasteiger partial charge in [0.05, 0.1) is 12.3 Å². The number of carbonyl (C=O) groups excluding carboxylic acids is 1. The maximum absolute atomic E-state index is 13.5. The van der Waals surface area contributed by atoms with Crippen molar-refractivity contribution in [3.05, 3.63) is 70.8 Å². The summed E-state index contributed by atoms with van der Waals surface area (Å²) in [5.41, 5.74) is 7.16. The van der Waals surface area contributed by atoms with Crippen LogP contribution in [0.1, 0.15) is 67.7 Å². The van der Waals surface area contributed by atoms with Gasteiger partial charge in [0.2, 0.25) is 0 Å². The van der Waals surface area contributed by atoms with Gasteiger partial charge in [0.15, 0.2) is 5.82 Å². The zero-order chi connectivity index (χ0) is 23.4. The van der Waals surface area contributed by atoms with Gasteiger partial charge in [-0.2, -0.15) is 5.10 Å². The van der Waals surface area contributed by atoms with Crippen molar-refractivity contribution in [3.8, 4) is 11.3 Å². The monoisotopic (exact) mass is 443 g/mol. The summed E-state index contributed by atoms with van der Waals surface area (Å²) in [6, 6.07) is 16.4. The second kappa shape index (κ2) is 10.2. The summed E-state index contributed by atoms with van der Waals surface area (Å²) >= 11 is 0. The van der Waals surface area contributed by atoms with Gasteiger partial charge in [-0.3, -0.25) is 9.89 Å². The molecule has 1 aliphatic rings. The van der Waals surface area contributed by atoms with E-state index in [1.165, 1.54) is 11.1 Å². The molecule has 172 valence electrons. The van der Waals surface area contributed by atoms with E-state index in [1.54, 1.807) is 0 Å². The Morgan fingerprint density at radius 2 is 1.79 bits per heavy atom. The van der Waals surface area contributed by atoms with Gasteiger partial charge in [0.1, 0.15) is 5.92 Å². The number of unbranched alkanes of at least 4 members (excludes halogenated alkanes) is 3. The lowest BCUT2D eigenvalue weighted by Crippen LogP contribution is -2.34. The molecule has 4 rings (SSSR count). The number of nitrogens with one attached hydrogen (secondary N) is 1. The Hall–Kier alpha value is -3.21. The van der Waals surface area contributed by atoms with Crippen LogP contribution in [-0.2, 0) is 9.53 Å². The largest absolute Gasteiger partial charge is 0.465 e. The molecule has 0 radical (unpaired) electrons. The molecular formula is C28H33N3O2. The molecule has 2 atom stereocenters. The standard InChI is InChI=1S/C28H33N3O2/c1-5-6-7-11-17-33-28(32)23-20(4)29-27-25(24(23)22-16-12-13-18(2)19(22)3)26(30-31-27)21-14-9-8-10-15-21/h8-10,12-16,23-24H,5-7,11,17H2,1-4H3,(H,30,31). The second-order valence-corrected chi connectivity index (χ2v) is 8.93. The summed E-state index contributed by atoms with van der Waals surface area (Å²) in [5, 5.41) is 7.74. The number of H-pyrrole nitrogens is 1. The fraction of sp³-hybridized carbons (Fsp3) is 0.393. The number of nitrogens with zero attached hydrogens (tertiary/aromatic N) is 2. The molecule has 33 heavy (non-hydrogen) atoms. The minimum absolute atomic E-state index is 0.204. The highest BCUT2D eigenvalue weighted by molar-refractivity contribution is 6.05. The number of aryl methyl sites for hydroxylation is 1. The van der Waals surface area contributed by atoms with Crippen molar-refractivity contribution in [1.29, 1.82) is 0 Å². The van der Waals surface area contributed by atoms with E-state index in [-0.39, 0.29) is 11.9 Å². The zero-order valence-corrected chi connectivity index (χ0v) is 20.0. The minimum Gasteiger partial charge on any atom is -0.465 e. The molecule has 0 bridgehead atoms. The van der Waals surface area contributed by atoms with E-state index in [0.29, 0.717) is 12.4 Å². The van der Waals surface area contributed by atoms with Crippen LogP contribution in [0.25, 0.3) is 11.3 Å². The molecule has 1 aromatic heterocycles. The van der Waals surface area contributed by atoms with E-state index in [1.807, 2.05) is 25.1 Å². The number of aromatic amines is 1. The summed E-state index contributed by atoms with van der Waals surface area (Å²) in [4.78, 5) is 18.2. The highest BCUT2D eigenvalue weighted by Gasteiger charge is 2.42. The molecule has 2 unspecified atom stereocenters. The molecule has 0 aliphatic carbocycles. The van der Waals surface area contributed by atoms with Gasteiger partial charge in [-0.25, -0.2) is 4.99 Å². The van der Waals surface area contributed by atoms with Crippen LogP contribution >= 0.6 is 0 Å². The van der Waals surface area contributed by atoms with E-state index < -0.39 is 5.92 Å². The number of fused-ring (bicyclic) bond motifs is 1. The Bertz CT molecular complexity index is 1150. The number of hydrogen-bond acceptors (Lipinski definition) is 4. The lowest BCUT2D eigenvalue weighted by Gasteiger charge is -2.31. The van der Waals surface area contributed by atoms with Crippen molar-refractivity contribution in [1.82, 2.24) is 10.2 Å². The van der Waals surface area contributed by atoms with Crippen LogP contribution in [0.4, 0.5) is 5.82 Å². The van der Waals surface area contributed by atoms with E-state index >= 15 is 0 Å². The minimum atomic E-state index is -0.482. The van der Waals surface area contributed by atoms with Gasteiger partial charge in [0.25, 0.3) is 0 Å². The number of benzene rings is 2. The van der Waals surface area contributed by atoms with Crippen LogP contribution < -0.4 is 0 Å². The summed E-state index contributed by atoms with van der Waals surface area (Å²) in [7, 11) is 0. The smallest absolute Gasteiger partial charge is 0.315 e. The van der Waals surface area contributed by atoms with Gasteiger partial charge in [-0.05, 0) is 49.4 Å². The first-order valence-corrected chi connectivity index (χ1v) is 11.9. The van der Waals surface area contributed by atoms with Crippen molar-refractivity contribution >= 4 is 17.5 Å². The maximum Gasteiger partial charge on any atom is 0.315 e. The Morgan fingerprint density at radius 3 is 2.55 bits per heavy atom. The lowest BCUT2D eigenvalue weighted by atomic mass is 9.74. The topological polar surface area (TPSA) is 67.3 Å². The normalized spacial score (nSPS) is 17.4. The van der Waals surface area contributed by atoms with Crippen molar-refractivity contribution in [2.45, 2.75) is 59.3 Å². The van der Waals surface area contributed by atoms with E-state index in [2.05, 4.69) is 61.3 Å². The van der Waals surface area contributed by atoms with Crippen LogP contribution in [0.5, 0.6) is 0 Å². The number of rotatable bonds is 8. The van der Waals surface area contributed by atoms with Gasteiger partial charge in [-0.15, -0.1) is 0 Å². The van der Waals surface area contributed by atoms with Crippen molar-refractivity contribution in [3.63, 3.8) is 0 Å². The van der Waals surface area contributed by atoms with Crippen LogP contribution in [0.15, 0.2) is 53.5 Å². The van der Waals surface area contributed by atoms with Gasteiger partial charge >= 0.3 is 5.97 Å². The Labute approximate surface area is 196 Å². The van der Waals surface area contributed by atoms with Crippen molar-refractivity contribution in [2.75, 3.05) is 6.61 Å². The first-order valence-electron chi connectivity index (χ1n) is 11.9. The highest BCUT2D eigenvalue weighted by atomic mass is 16.5. The average molecular weight is 444 g/mol. The SMILES string of the molecule is CCCCCCOC(=O)C1C(C)=Nc2n[nH]c(-c3ccccc3)c2C1c1cccc(C)c1C. The molecule has 0 saturated carbocycles. The summed E-state index contributed by atoms with van der Waals surface area (Å²) in [6.07, 6.45) is 4.28. The van der Waals surface area contributed by atoms with E-state index in [9.17, 15) is 4.79 Å². The van der Waals surface area contributed by atoms with Gasteiger partial charge in [-0.1, -0.05) is 74.7 Å². The lowest BCUT2D eigenvalue weighted by molar-refractivity contribution is -0.146. The van der Waals surface area contributed by atoms with Crippen molar-refractivity contribution < 1.29 is 9.53 Å². The molecule has 5 nitrogen and oxygen atoms in total. The maximum atomic E-state index is 13.5. The number of hydrogen-bond donors (Lipinski definition) is 1. The fourth-order valence-electron chi connectivity index (χ4n) is 4.73. The molecule has 0 spiro atoms. The molecule has 0 saturated heterocycles. The Kier molecular flexibility index (Phi) is 7.07. The molecule has 0 amide bonds. The van der Waals surface area contributed by atoms with E-state index in [4.69, 9.17) is 9.73 Å². The van der Waals surface area contributed by atoms with Crippen LogP contribution in [0, 0.1) is 19.8 Å². The zero-order valence-electron chi connectivity index (χ0n) is 20.0. The number of ether oxygens (including phenoxy) is 1. The van der Waals surface area contributed by atoms with Crippen molar-refractivity contribution in [2.24, 2.45) is 10.9 Å². The molecule has 2 heterocycles. The molecular weight excluding hydrogens is 410 g/mol. The predicted molar refractivity (Wildman–Crippen MR) is 133 cm³/mol. The van der Waals surface area contributed by atoms with Crippen LogP contribution in [0.3, 0.4) is 0 Å². The molecule has 0 fully saturated rings. The summed E-state index contributed by atoms with van der Waals surface area (Å²) < 4.78 is 5.81. The predicted octanol–water partition coefficient (Wildman–Crippen LogP) is 6.67. The molecule has 3 aromatic rings. The van der Waals surface area contributed by atoms with Gasteiger partial charge < -0.3 is 4.74 Å². The van der Waals surface area contributed by atoms with Crippen LogP contribution in [0.2, 0.25) is 0 Å². The first kappa shape index (κ1) is 23.0. The quantitative estimate of drug-likeness (QED) is 0.312. The molecule has 1 N–H and O–H groups in total. The number of aliphatic imine (C=N–C) groups is 1. The number of carbonyl (C=O) groups is 1. The number of esters is 1. The third kappa shape index (κ3) is 4.63. The third-order valence-corrected chi connectivity index (χ3v) is 6.70. The molecule has 1 aliphatic heterocycles. The molecule has 2 aromatic carbocycles. The Morgan fingerprint density at radius 1 is 1.00 bits per heavy atom.